The van der Waals surface area contributed by atoms with Gasteiger partial charge < -0.3 is 10.6 Å². The molecule has 2 nitrogen and oxygen atoms in total. The molecule has 0 amide bonds. The van der Waals surface area contributed by atoms with Crippen molar-refractivity contribution in [3.05, 3.63) is 0 Å². The normalized spacial score (nSPS) is 28.8. The van der Waals surface area contributed by atoms with Crippen LogP contribution in [-0.2, 0) is 0 Å². The molecule has 2 aliphatic rings. The molecule has 2 rings (SSSR count). The van der Waals surface area contributed by atoms with Gasteiger partial charge in [0.05, 0.1) is 0 Å². The van der Waals surface area contributed by atoms with Crippen LogP contribution in [-0.4, -0.2) is 25.7 Å². The lowest BCUT2D eigenvalue weighted by Crippen LogP contribution is -2.48. The van der Waals surface area contributed by atoms with Crippen molar-refractivity contribution >= 4 is 0 Å². The van der Waals surface area contributed by atoms with Gasteiger partial charge in [0.2, 0.25) is 0 Å². The fourth-order valence-electron chi connectivity index (χ4n) is 2.77. The largest absolute Gasteiger partial charge is 0.315 e. The lowest BCUT2D eigenvalue weighted by atomic mass is 9.67. The van der Waals surface area contributed by atoms with Crippen LogP contribution in [0.4, 0.5) is 0 Å². The number of piperidine rings is 1. The molecule has 0 radical (unpaired) electrons. The second-order valence-corrected chi connectivity index (χ2v) is 6.04. The summed E-state index contributed by atoms with van der Waals surface area (Å²) in [6.07, 6.45) is 7.06. The van der Waals surface area contributed by atoms with Crippen molar-refractivity contribution in [3.63, 3.8) is 0 Å². The third kappa shape index (κ3) is 2.94. The van der Waals surface area contributed by atoms with Gasteiger partial charge in [0.15, 0.2) is 0 Å². The third-order valence-electron chi connectivity index (χ3n) is 4.35. The van der Waals surface area contributed by atoms with Gasteiger partial charge in [-0.2, -0.15) is 0 Å². The highest BCUT2D eigenvalue weighted by Gasteiger charge is 2.33. The molecule has 1 saturated heterocycles. The highest BCUT2D eigenvalue weighted by atomic mass is 15.0. The summed E-state index contributed by atoms with van der Waals surface area (Å²) in [5.41, 5.74) is 0.510. The van der Waals surface area contributed by atoms with Crippen molar-refractivity contribution in [2.24, 2.45) is 11.3 Å². The van der Waals surface area contributed by atoms with E-state index in [9.17, 15) is 0 Å². The van der Waals surface area contributed by atoms with E-state index in [0.717, 1.165) is 12.0 Å². The molecule has 88 valence electrons. The summed E-state index contributed by atoms with van der Waals surface area (Å²) < 4.78 is 0. The van der Waals surface area contributed by atoms with E-state index < -0.39 is 0 Å². The Balaban J connectivity index is 1.70. The summed E-state index contributed by atoms with van der Waals surface area (Å²) >= 11 is 0. The summed E-state index contributed by atoms with van der Waals surface area (Å²) in [7, 11) is 0. The molecule has 2 heteroatoms. The lowest BCUT2D eigenvalue weighted by molar-refractivity contribution is 0.113. The summed E-state index contributed by atoms with van der Waals surface area (Å²) in [5.74, 6) is 0.974. The molecule has 0 aromatic carbocycles. The molecule has 1 atom stereocenters. The van der Waals surface area contributed by atoms with E-state index in [4.69, 9.17) is 0 Å². The fraction of sp³-hybridized carbons (Fsp3) is 1.00. The van der Waals surface area contributed by atoms with Gasteiger partial charge in [-0.3, -0.25) is 0 Å². The first-order chi connectivity index (χ1) is 7.18. The Bertz CT molecular complexity index is 191. The Kier molecular flexibility index (Phi) is 3.68. The zero-order valence-electron chi connectivity index (χ0n) is 10.3. The van der Waals surface area contributed by atoms with Crippen molar-refractivity contribution in [1.82, 2.24) is 10.6 Å². The first kappa shape index (κ1) is 11.4. The first-order valence-electron chi connectivity index (χ1n) is 6.62. The topological polar surface area (TPSA) is 24.1 Å². The van der Waals surface area contributed by atoms with Gasteiger partial charge in [-0.15, -0.1) is 0 Å². The Hall–Kier alpha value is -0.0800. The molecule has 0 aromatic heterocycles. The summed E-state index contributed by atoms with van der Waals surface area (Å²) in [6.45, 7) is 8.44. The van der Waals surface area contributed by atoms with Gasteiger partial charge in [-0.1, -0.05) is 20.3 Å². The highest BCUT2D eigenvalue weighted by molar-refractivity contribution is 4.87. The maximum atomic E-state index is 3.75. The van der Waals surface area contributed by atoms with Gasteiger partial charge in [-0.25, -0.2) is 0 Å². The van der Waals surface area contributed by atoms with Crippen LogP contribution in [0.5, 0.6) is 0 Å². The van der Waals surface area contributed by atoms with Gasteiger partial charge in [0.25, 0.3) is 0 Å². The van der Waals surface area contributed by atoms with Crippen LogP contribution in [0.2, 0.25) is 0 Å². The van der Waals surface area contributed by atoms with Gasteiger partial charge in [-0.05, 0) is 43.6 Å². The smallest absolute Gasteiger partial charge is 0.0193 e. The Labute approximate surface area is 94.2 Å². The standard InChI is InChI=1S/C13H26N2/c1-13(2,11-5-3-6-11)10-15-12-7-4-8-14-9-12/h11-12,14-15H,3-10H2,1-2H3. The molecule has 0 spiro atoms. The van der Waals surface area contributed by atoms with Gasteiger partial charge in [0, 0.05) is 19.1 Å². The van der Waals surface area contributed by atoms with E-state index in [1.54, 1.807) is 0 Å². The second kappa shape index (κ2) is 4.84. The predicted octanol–water partition coefficient (Wildman–Crippen LogP) is 2.15. The summed E-state index contributed by atoms with van der Waals surface area (Å²) in [6, 6.07) is 0.720. The zero-order valence-corrected chi connectivity index (χ0v) is 10.3. The van der Waals surface area contributed by atoms with E-state index in [1.165, 1.54) is 51.7 Å². The Morgan fingerprint density at radius 2 is 2.00 bits per heavy atom. The van der Waals surface area contributed by atoms with E-state index in [-0.39, 0.29) is 0 Å². The summed E-state index contributed by atoms with van der Waals surface area (Å²) in [5, 5.41) is 7.21. The van der Waals surface area contributed by atoms with Crippen LogP contribution in [0.3, 0.4) is 0 Å². The summed E-state index contributed by atoms with van der Waals surface area (Å²) in [4.78, 5) is 0. The molecule has 1 unspecified atom stereocenters. The highest BCUT2D eigenvalue weighted by Crippen LogP contribution is 2.41. The van der Waals surface area contributed by atoms with Crippen LogP contribution in [0.15, 0.2) is 0 Å². The van der Waals surface area contributed by atoms with E-state index in [2.05, 4.69) is 24.5 Å². The van der Waals surface area contributed by atoms with E-state index in [1.807, 2.05) is 0 Å². The van der Waals surface area contributed by atoms with Crippen LogP contribution >= 0.6 is 0 Å². The lowest BCUT2D eigenvalue weighted by Gasteiger charge is -2.41. The third-order valence-corrected chi connectivity index (χ3v) is 4.35. The van der Waals surface area contributed by atoms with E-state index in [0.29, 0.717) is 5.41 Å². The molecule has 1 saturated carbocycles. The maximum absolute atomic E-state index is 3.75. The van der Waals surface area contributed by atoms with Gasteiger partial charge in [0.1, 0.15) is 0 Å². The number of hydrogen-bond donors (Lipinski definition) is 2. The minimum Gasteiger partial charge on any atom is -0.315 e. The molecular weight excluding hydrogens is 184 g/mol. The minimum absolute atomic E-state index is 0.510. The molecule has 15 heavy (non-hydrogen) atoms. The van der Waals surface area contributed by atoms with Crippen LogP contribution < -0.4 is 10.6 Å². The number of rotatable bonds is 4. The van der Waals surface area contributed by atoms with Crippen molar-refractivity contribution in [3.8, 4) is 0 Å². The predicted molar refractivity (Wildman–Crippen MR) is 65.0 cm³/mol. The molecule has 0 aromatic rings. The molecule has 1 aliphatic carbocycles. The molecule has 2 fully saturated rings. The molecule has 1 aliphatic heterocycles. The molecule has 2 N–H and O–H groups in total. The molecule has 1 heterocycles. The van der Waals surface area contributed by atoms with Crippen molar-refractivity contribution in [2.45, 2.75) is 52.0 Å². The van der Waals surface area contributed by atoms with Crippen LogP contribution in [0.1, 0.15) is 46.0 Å². The van der Waals surface area contributed by atoms with Crippen molar-refractivity contribution in [2.75, 3.05) is 19.6 Å². The van der Waals surface area contributed by atoms with Crippen LogP contribution in [0.25, 0.3) is 0 Å². The molecular formula is C13H26N2. The Morgan fingerprint density at radius 1 is 1.20 bits per heavy atom. The molecule has 0 bridgehead atoms. The average molecular weight is 210 g/mol. The average Bonchev–Trinajstić information content (AvgIpc) is 2.13. The maximum Gasteiger partial charge on any atom is 0.0193 e. The fourth-order valence-corrected chi connectivity index (χ4v) is 2.77. The van der Waals surface area contributed by atoms with Gasteiger partial charge >= 0.3 is 0 Å². The Morgan fingerprint density at radius 3 is 2.53 bits per heavy atom. The number of nitrogens with one attached hydrogen (secondary N) is 2. The van der Waals surface area contributed by atoms with E-state index >= 15 is 0 Å². The van der Waals surface area contributed by atoms with Crippen molar-refractivity contribution < 1.29 is 0 Å². The van der Waals surface area contributed by atoms with Crippen molar-refractivity contribution in [1.29, 1.82) is 0 Å². The quantitative estimate of drug-likeness (QED) is 0.743. The minimum atomic E-state index is 0.510. The zero-order chi connectivity index (χ0) is 10.7. The SMILES string of the molecule is CC(C)(CNC1CCCNC1)C1CCC1. The second-order valence-electron chi connectivity index (χ2n) is 6.04. The monoisotopic (exact) mass is 210 g/mol. The number of hydrogen-bond acceptors (Lipinski definition) is 2. The van der Waals surface area contributed by atoms with Crippen LogP contribution in [0, 0.1) is 11.3 Å². The first-order valence-corrected chi connectivity index (χ1v) is 6.62.